The molecule has 1 saturated heterocycles. The second kappa shape index (κ2) is 5.80. The number of hydrogen-bond donors (Lipinski definition) is 0. The molecule has 1 fully saturated rings. The minimum atomic E-state index is -0.293. The molecule has 1 aromatic carbocycles. The molecule has 0 aromatic heterocycles. The molecule has 4 heteroatoms. The summed E-state index contributed by atoms with van der Waals surface area (Å²) in [7, 11) is 0. The summed E-state index contributed by atoms with van der Waals surface area (Å²) in [6.45, 7) is 2.59. The Balaban J connectivity index is 1.80. The summed E-state index contributed by atoms with van der Waals surface area (Å²) in [4.78, 5) is 10.7. The van der Waals surface area contributed by atoms with E-state index in [1.807, 2.05) is 30.3 Å². The minimum Gasteiger partial charge on any atom is -0.463 e. The van der Waals surface area contributed by atoms with Crippen LogP contribution in [0.2, 0.25) is 0 Å². The molecular formula is C13H16O4. The third-order valence-corrected chi connectivity index (χ3v) is 2.61. The van der Waals surface area contributed by atoms with Gasteiger partial charge in [-0.25, -0.2) is 0 Å². The number of hydrogen-bond acceptors (Lipinski definition) is 4. The summed E-state index contributed by atoms with van der Waals surface area (Å²) in [5.41, 5.74) is 1.11. The Labute approximate surface area is 100 Å². The molecule has 1 heterocycles. The molecule has 2 rings (SSSR count). The normalized spacial score (nSPS) is 24.3. The van der Waals surface area contributed by atoms with Crippen LogP contribution in [0.4, 0.5) is 0 Å². The van der Waals surface area contributed by atoms with E-state index in [2.05, 4.69) is 0 Å². The van der Waals surface area contributed by atoms with Crippen molar-refractivity contribution in [1.82, 2.24) is 0 Å². The summed E-state index contributed by atoms with van der Waals surface area (Å²) in [6, 6.07) is 9.95. The van der Waals surface area contributed by atoms with Crippen molar-refractivity contribution in [1.29, 1.82) is 0 Å². The van der Waals surface area contributed by atoms with Crippen LogP contribution in [0, 0.1) is 0 Å². The average molecular weight is 236 g/mol. The second-order valence-corrected chi connectivity index (χ2v) is 3.99. The molecule has 2 atom stereocenters. The molecule has 1 aliphatic heterocycles. The van der Waals surface area contributed by atoms with Crippen LogP contribution in [0.25, 0.3) is 0 Å². The lowest BCUT2D eigenvalue weighted by Gasteiger charge is -2.29. The zero-order chi connectivity index (χ0) is 12.1. The highest BCUT2D eigenvalue weighted by molar-refractivity contribution is 5.65. The van der Waals surface area contributed by atoms with Gasteiger partial charge >= 0.3 is 5.97 Å². The lowest BCUT2D eigenvalue weighted by molar-refractivity contribution is -0.166. The monoisotopic (exact) mass is 236 g/mol. The Bertz CT molecular complexity index is 355. The molecule has 1 aliphatic rings. The molecule has 0 spiro atoms. The van der Waals surface area contributed by atoms with E-state index in [0.717, 1.165) is 5.56 Å². The van der Waals surface area contributed by atoms with Gasteiger partial charge < -0.3 is 14.2 Å². The van der Waals surface area contributed by atoms with E-state index >= 15 is 0 Å². The van der Waals surface area contributed by atoms with Gasteiger partial charge in [-0.3, -0.25) is 4.79 Å². The number of esters is 1. The fourth-order valence-electron chi connectivity index (χ4n) is 1.71. The maximum atomic E-state index is 10.7. The Morgan fingerprint density at radius 1 is 1.29 bits per heavy atom. The third kappa shape index (κ3) is 3.54. The number of carbonyl (C=O) groups is 1. The summed E-state index contributed by atoms with van der Waals surface area (Å²) in [5.74, 6) is -0.293. The van der Waals surface area contributed by atoms with Gasteiger partial charge in [-0.1, -0.05) is 30.3 Å². The Morgan fingerprint density at radius 2 is 2.06 bits per heavy atom. The van der Waals surface area contributed by atoms with Crippen molar-refractivity contribution < 1.29 is 19.0 Å². The maximum Gasteiger partial charge on any atom is 0.302 e. The van der Waals surface area contributed by atoms with E-state index in [-0.39, 0.29) is 24.8 Å². The molecule has 17 heavy (non-hydrogen) atoms. The van der Waals surface area contributed by atoms with Crippen LogP contribution in [0.3, 0.4) is 0 Å². The highest BCUT2D eigenvalue weighted by Gasteiger charge is 2.23. The van der Waals surface area contributed by atoms with Crippen molar-refractivity contribution in [2.45, 2.75) is 19.1 Å². The van der Waals surface area contributed by atoms with Gasteiger partial charge in [0.2, 0.25) is 0 Å². The van der Waals surface area contributed by atoms with Crippen molar-refractivity contribution >= 4 is 5.97 Å². The largest absolute Gasteiger partial charge is 0.463 e. The van der Waals surface area contributed by atoms with Gasteiger partial charge in [0.25, 0.3) is 0 Å². The molecule has 0 radical (unpaired) electrons. The van der Waals surface area contributed by atoms with Crippen molar-refractivity contribution in [2.24, 2.45) is 0 Å². The first-order valence-electron chi connectivity index (χ1n) is 5.67. The van der Waals surface area contributed by atoms with E-state index in [4.69, 9.17) is 14.2 Å². The van der Waals surface area contributed by atoms with Crippen LogP contribution in [-0.4, -0.2) is 31.9 Å². The second-order valence-electron chi connectivity index (χ2n) is 3.99. The third-order valence-electron chi connectivity index (χ3n) is 2.61. The lowest BCUT2D eigenvalue weighted by atomic mass is 10.1. The van der Waals surface area contributed by atoms with E-state index in [9.17, 15) is 4.79 Å². The molecular weight excluding hydrogens is 220 g/mol. The first kappa shape index (κ1) is 12.1. The fraction of sp³-hybridized carbons (Fsp3) is 0.462. The minimum absolute atomic E-state index is 0.0234. The van der Waals surface area contributed by atoms with Crippen molar-refractivity contribution in [3.63, 3.8) is 0 Å². The molecule has 4 nitrogen and oxygen atoms in total. The maximum absolute atomic E-state index is 10.7. The van der Waals surface area contributed by atoms with Gasteiger partial charge in [0.15, 0.2) is 0 Å². The lowest BCUT2D eigenvalue weighted by Crippen LogP contribution is -2.34. The number of carbonyl (C=O) groups excluding carboxylic acids is 1. The molecule has 0 aliphatic carbocycles. The Hall–Kier alpha value is -1.39. The van der Waals surface area contributed by atoms with E-state index in [1.54, 1.807) is 0 Å². The van der Waals surface area contributed by atoms with Gasteiger partial charge in [-0.2, -0.15) is 0 Å². The average Bonchev–Trinajstić information content (AvgIpc) is 2.38. The predicted molar refractivity (Wildman–Crippen MR) is 61.5 cm³/mol. The van der Waals surface area contributed by atoms with Crippen molar-refractivity contribution in [3.05, 3.63) is 35.9 Å². The molecule has 0 saturated carbocycles. The summed E-state index contributed by atoms with van der Waals surface area (Å²) in [6.07, 6.45) is -0.177. The first-order valence-corrected chi connectivity index (χ1v) is 5.67. The quantitative estimate of drug-likeness (QED) is 0.749. The van der Waals surface area contributed by atoms with E-state index in [1.165, 1.54) is 6.92 Å². The SMILES string of the molecule is CC(=O)OCC1COC(c2ccccc2)CO1. The van der Waals surface area contributed by atoms with Crippen LogP contribution in [0.5, 0.6) is 0 Å². The van der Waals surface area contributed by atoms with Gasteiger partial charge in [0.1, 0.15) is 18.8 Å². The Morgan fingerprint density at radius 3 is 2.65 bits per heavy atom. The Kier molecular flexibility index (Phi) is 4.12. The summed E-state index contributed by atoms with van der Waals surface area (Å²) < 4.78 is 16.2. The molecule has 92 valence electrons. The zero-order valence-corrected chi connectivity index (χ0v) is 9.80. The van der Waals surface area contributed by atoms with Crippen molar-refractivity contribution in [2.75, 3.05) is 19.8 Å². The molecule has 0 N–H and O–H groups in total. The van der Waals surface area contributed by atoms with Crippen LogP contribution in [0.1, 0.15) is 18.6 Å². The van der Waals surface area contributed by atoms with Gasteiger partial charge in [-0.05, 0) is 5.56 Å². The topological polar surface area (TPSA) is 44.8 Å². The molecule has 1 aromatic rings. The van der Waals surface area contributed by atoms with Gasteiger partial charge in [-0.15, -0.1) is 0 Å². The smallest absolute Gasteiger partial charge is 0.302 e. The van der Waals surface area contributed by atoms with Crippen LogP contribution in [-0.2, 0) is 19.0 Å². The van der Waals surface area contributed by atoms with E-state index in [0.29, 0.717) is 13.2 Å². The molecule has 2 unspecified atom stereocenters. The highest BCUT2D eigenvalue weighted by Crippen LogP contribution is 2.22. The van der Waals surface area contributed by atoms with Crippen LogP contribution in [0.15, 0.2) is 30.3 Å². The van der Waals surface area contributed by atoms with Crippen LogP contribution >= 0.6 is 0 Å². The van der Waals surface area contributed by atoms with E-state index < -0.39 is 0 Å². The zero-order valence-electron chi connectivity index (χ0n) is 9.80. The van der Waals surface area contributed by atoms with Gasteiger partial charge in [0.05, 0.1) is 13.2 Å². The summed E-state index contributed by atoms with van der Waals surface area (Å²) >= 11 is 0. The highest BCUT2D eigenvalue weighted by atomic mass is 16.6. The summed E-state index contributed by atoms with van der Waals surface area (Å²) in [5, 5.41) is 0. The number of benzene rings is 1. The van der Waals surface area contributed by atoms with Crippen LogP contribution < -0.4 is 0 Å². The fourth-order valence-corrected chi connectivity index (χ4v) is 1.71. The standard InChI is InChI=1S/C13H16O4/c1-10(14)15-7-12-8-17-13(9-16-12)11-5-3-2-4-6-11/h2-6,12-13H,7-9H2,1H3. The van der Waals surface area contributed by atoms with Gasteiger partial charge in [0, 0.05) is 6.92 Å². The number of rotatable bonds is 3. The molecule has 0 amide bonds. The molecule has 0 bridgehead atoms. The number of ether oxygens (including phenoxy) is 3. The van der Waals surface area contributed by atoms with Crippen molar-refractivity contribution in [3.8, 4) is 0 Å². The predicted octanol–water partition coefficient (Wildman–Crippen LogP) is 1.71. The first-order chi connectivity index (χ1) is 8.25.